The molecule has 1 saturated heterocycles. The topological polar surface area (TPSA) is 61.8 Å². The third kappa shape index (κ3) is 5.59. The van der Waals surface area contributed by atoms with Crippen LogP contribution in [0.4, 0.5) is 0 Å². The summed E-state index contributed by atoms with van der Waals surface area (Å²) in [5, 5.41) is 3.30. The van der Waals surface area contributed by atoms with E-state index < -0.39 is 14.6 Å². The van der Waals surface area contributed by atoms with Crippen molar-refractivity contribution in [2.45, 2.75) is 38.4 Å². The van der Waals surface area contributed by atoms with E-state index in [9.17, 15) is 8.42 Å². The second-order valence-electron chi connectivity index (χ2n) is 7.40. The van der Waals surface area contributed by atoms with Crippen LogP contribution in [0.2, 0.25) is 0 Å². The zero-order valence-corrected chi connectivity index (χ0v) is 17.1. The summed E-state index contributed by atoms with van der Waals surface area (Å²) >= 11 is 0. The van der Waals surface area contributed by atoms with E-state index in [1.54, 1.807) is 13.8 Å². The quantitative estimate of drug-likeness (QED) is 0.633. The lowest BCUT2D eigenvalue weighted by Gasteiger charge is -2.32. The van der Waals surface area contributed by atoms with Crippen molar-refractivity contribution in [2.75, 3.05) is 32.4 Å². The van der Waals surface area contributed by atoms with E-state index in [0.29, 0.717) is 0 Å². The van der Waals surface area contributed by atoms with Gasteiger partial charge in [0.2, 0.25) is 0 Å². The Morgan fingerprint density at radius 1 is 1.23 bits per heavy atom. The van der Waals surface area contributed by atoms with E-state index in [1.807, 2.05) is 13.0 Å². The highest BCUT2D eigenvalue weighted by Gasteiger charge is 2.30. The van der Waals surface area contributed by atoms with Gasteiger partial charge in [0, 0.05) is 25.9 Å². The average molecular weight is 378 g/mol. The highest BCUT2D eigenvalue weighted by atomic mass is 32.2. The number of nitrogens with one attached hydrogen (secondary N) is 1. The van der Waals surface area contributed by atoms with Gasteiger partial charge in [0.05, 0.1) is 11.3 Å². The molecule has 0 unspecified atom stereocenters. The molecule has 26 heavy (non-hydrogen) atoms. The van der Waals surface area contributed by atoms with Crippen molar-refractivity contribution in [1.29, 1.82) is 0 Å². The molecule has 0 spiro atoms. The minimum Gasteiger partial charge on any atom is -0.357 e. The smallest absolute Gasteiger partial charge is 0.193 e. The van der Waals surface area contributed by atoms with Crippen molar-refractivity contribution >= 4 is 21.9 Å². The largest absolute Gasteiger partial charge is 0.357 e. The molecule has 2 rings (SSSR count). The van der Waals surface area contributed by atoms with Crippen molar-refractivity contribution in [1.82, 2.24) is 10.2 Å². The Morgan fingerprint density at radius 3 is 2.38 bits per heavy atom. The molecule has 1 heterocycles. The first-order valence-electron chi connectivity index (χ1n) is 9.20. The van der Waals surface area contributed by atoms with Crippen LogP contribution in [0.5, 0.6) is 0 Å². The van der Waals surface area contributed by atoms with E-state index in [2.05, 4.69) is 45.6 Å². The molecule has 0 radical (unpaired) electrons. The summed E-state index contributed by atoms with van der Waals surface area (Å²) in [7, 11) is -3.15. The monoisotopic (exact) mass is 377 g/mol. The van der Waals surface area contributed by atoms with Gasteiger partial charge in [-0.2, -0.15) is 0 Å². The summed E-state index contributed by atoms with van der Waals surface area (Å²) in [5.41, 5.74) is 2.69. The van der Waals surface area contributed by atoms with Crippen molar-refractivity contribution in [3.05, 3.63) is 41.5 Å². The predicted molar refractivity (Wildman–Crippen MR) is 110 cm³/mol. The highest BCUT2D eigenvalue weighted by Crippen LogP contribution is 2.20. The Bertz CT molecular complexity index is 743. The lowest BCUT2D eigenvalue weighted by molar-refractivity contribution is 0.375. The first-order chi connectivity index (χ1) is 12.2. The van der Waals surface area contributed by atoms with Gasteiger partial charge in [-0.3, -0.25) is 4.99 Å². The molecule has 5 nitrogen and oxygen atoms in total. The van der Waals surface area contributed by atoms with Crippen molar-refractivity contribution in [2.24, 2.45) is 4.99 Å². The summed E-state index contributed by atoms with van der Waals surface area (Å²) in [4.78, 5) is 6.84. The second kappa shape index (κ2) is 8.71. The van der Waals surface area contributed by atoms with Gasteiger partial charge in [-0.15, -0.1) is 0 Å². The molecule has 144 valence electrons. The molecule has 0 aliphatic carbocycles. The number of nitrogens with zero attached hydrogens (tertiary/aromatic N) is 2. The maximum absolute atomic E-state index is 11.9. The number of likely N-dealkylation sites (tertiary alicyclic amines) is 1. The number of aliphatic imine (C=N–C) groups is 1. The second-order valence-corrected chi connectivity index (χ2v) is 10.1. The zero-order chi connectivity index (χ0) is 19.2. The number of sulfone groups is 1. The lowest BCUT2D eigenvalue weighted by Crippen LogP contribution is -2.45. The fourth-order valence-corrected chi connectivity index (χ4v) is 3.04. The summed E-state index contributed by atoms with van der Waals surface area (Å²) < 4.78 is 23.0. The fourth-order valence-electron chi connectivity index (χ4n) is 2.74. The van der Waals surface area contributed by atoms with Gasteiger partial charge in [0.25, 0.3) is 0 Å². The van der Waals surface area contributed by atoms with E-state index in [0.717, 1.165) is 38.4 Å². The number of hydrogen-bond acceptors (Lipinski definition) is 3. The standard InChI is InChI=1S/C20H31N3O2S/c1-5-21-19(22-16-20(2,3)26(4,24)25)23-13-11-18(12-14-23)15-17-9-7-6-8-10-17/h6-10,15H,5,11-14,16H2,1-4H3,(H,21,22). The van der Waals surface area contributed by atoms with Gasteiger partial charge < -0.3 is 10.2 Å². The van der Waals surface area contributed by atoms with Crippen LogP contribution in [-0.2, 0) is 9.84 Å². The van der Waals surface area contributed by atoms with Crippen LogP contribution in [0.15, 0.2) is 40.9 Å². The van der Waals surface area contributed by atoms with Gasteiger partial charge >= 0.3 is 0 Å². The van der Waals surface area contributed by atoms with Crippen LogP contribution in [-0.4, -0.2) is 56.5 Å². The van der Waals surface area contributed by atoms with Crippen LogP contribution in [0, 0.1) is 0 Å². The summed E-state index contributed by atoms with van der Waals surface area (Å²) in [5.74, 6) is 0.808. The van der Waals surface area contributed by atoms with E-state index in [1.165, 1.54) is 17.4 Å². The van der Waals surface area contributed by atoms with Gasteiger partial charge in [-0.1, -0.05) is 42.0 Å². The van der Waals surface area contributed by atoms with Gasteiger partial charge in [-0.25, -0.2) is 8.42 Å². The molecule has 1 aromatic rings. The SMILES string of the molecule is CCNC(=NCC(C)(C)S(C)(=O)=O)N1CCC(=Cc2ccccc2)CC1. The Kier molecular flexibility index (Phi) is 6.87. The lowest BCUT2D eigenvalue weighted by atomic mass is 10.0. The van der Waals surface area contributed by atoms with Crippen LogP contribution in [0.3, 0.4) is 0 Å². The zero-order valence-electron chi connectivity index (χ0n) is 16.3. The van der Waals surface area contributed by atoms with E-state index >= 15 is 0 Å². The van der Waals surface area contributed by atoms with Gasteiger partial charge in [0.1, 0.15) is 0 Å². The van der Waals surface area contributed by atoms with Gasteiger partial charge in [0.15, 0.2) is 15.8 Å². The van der Waals surface area contributed by atoms with Crippen LogP contribution >= 0.6 is 0 Å². The van der Waals surface area contributed by atoms with Crippen molar-refractivity contribution in [3.63, 3.8) is 0 Å². The Hall–Kier alpha value is -1.82. The molecule has 1 aliphatic heterocycles. The molecule has 0 atom stereocenters. The van der Waals surface area contributed by atoms with Crippen LogP contribution in [0.25, 0.3) is 6.08 Å². The van der Waals surface area contributed by atoms with Gasteiger partial charge in [-0.05, 0) is 39.2 Å². The maximum atomic E-state index is 11.9. The third-order valence-corrected chi connectivity index (χ3v) is 6.96. The van der Waals surface area contributed by atoms with Crippen LogP contribution in [0.1, 0.15) is 39.2 Å². The fraction of sp³-hybridized carbons (Fsp3) is 0.550. The molecule has 6 heteroatoms. The minimum atomic E-state index is -3.15. The molecule has 0 bridgehead atoms. The Labute approximate surface area is 158 Å². The molecule has 1 fully saturated rings. The Morgan fingerprint density at radius 2 is 1.85 bits per heavy atom. The predicted octanol–water partition coefficient (Wildman–Crippen LogP) is 2.95. The van der Waals surface area contributed by atoms with Crippen molar-refractivity contribution < 1.29 is 8.42 Å². The molecular weight excluding hydrogens is 346 g/mol. The molecule has 1 aromatic carbocycles. The number of benzene rings is 1. The summed E-state index contributed by atoms with van der Waals surface area (Å²) in [6.07, 6.45) is 5.54. The molecular formula is C20H31N3O2S. The number of rotatable bonds is 5. The molecule has 1 N–H and O–H groups in total. The van der Waals surface area contributed by atoms with E-state index in [-0.39, 0.29) is 6.54 Å². The Balaban J connectivity index is 2.04. The number of guanidine groups is 1. The normalized spacial score (nSPS) is 16.5. The summed E-state index contributed by atoms with van der Waals surface area (Å²) in [6, 6.07) is 10.4. The third-order valence-electron chi connectivity index (χ3n) is 4.82. The van der Waals surface area contributed by atoms with Crippen molar-refractivity contribution in [3.8, 4) is 0 Å². The minimum absolute atomic E-state index is 0.261. The summed E-state index contributed by atoms with van der Waals surface area (Å²) in [6.45, 7) is 8.30. The number of hydrogen-bond donors (Lipinski definition) is 1. The number of piperidine rings is 1. The molecule has 0 aromatic heterocycles. The van der Waals surface area contributed by atoms with E-state index in [4.69, 9.17) is 0 Å². The highest BCUT2D eigenvalue weighted by molar-refractivity contribution is 7.92. The average Bonchev–Trinajstić information content (AvgIpc) is 2.59. The first-order valence-corrected chi connectivity index (χ1v) is 11.1. The maximum Gasteiger partial charge on any atom is 0.193 e. The molecule has 0 saturated carbocycles. The molecule has 1 aliphatic rings. The van der Waals surface area contributed by atoms with Crippen LogP contribution < -0.4 is 5.32 Å². The molecule has 0 amide bonds. The first kappa shape index (κ1) is 20.5.